The van der Waals surface area contributed by atoms with Crippen LogP contribution in [0.15, 0.2) is 85.1 Å². The predicted octanol–water partition coefficient (Wildman–Crippen LogP) is 9.71. The Bertz CT molecular complexity index is 1090. The Morgan fingerprint density at radius 1 is 0.640 bits per heavy atom. The van der Waals surface area contributed by atoms with Gasteiger partial charge in [-0.25, -0.2) is 4.57 Å². The fourth-order valence-electron chi connectivity index (χ4n) is 4.29. The molecule has 2 unspecified atom stereocenters. The van der Waals surface area contributed by atoms with E-state index >= 15 is 0 Å². The lowest BCUT2D eigenvalue weighted by atomic mass is 10.1. The Kier molecular flexibility index (Phi) is 34.0. The molecule has 1 amide bonds. The van der Waals surface area contributed by atoms with Crippen LogP contribution in [0, 0.1) is 0 Å². The van der Waals surface area contributed by atoms with Crippen molar-refractivity contribution >= 4 is 19.7 Å². The van der Waals surface area contributed by atoms with Crippen molar-refractivity contribution in [2.45, 2.75) is 129 Å². The van der Waals surface area contributed by atoms with Gasteiger partial charge >= 0.3 is 13.8 Å². The van der Waals surface area contributed by atoms with Crippen molar-refractivity contribution in [1.29, 1.82) is 0 Å². The number of hydrogen-bond donors (Lipinski definition) is 3. The largest absolute Gasteiger partial charge is 0.472 e. The highest BCUT2D eigenvalue weighted by Crippen LogP contribution is 2.42. The molecule has 0 fully saturated rings. The molecule has 284 valence electrons. The highest BCUT2D eigenvalue weighted by molar-refractivity contribution is 7.47. The molecule has 0 aliphatic carbocycles. The molecule has 0 aliphatic heterocycles. The van der Waals surface area contributed by atoms with Crippen molar-refractivity contribution in [3.63, 3.8) is 0 Å². The zero-order valence-corrected chi connectivity index (χ0v) is 31.7. The Morgan fingerprint density at radius 3 is 1.76 bits per heavy atom. The van der Waals surface area contributed by atoms with E-state index in [1.54, 1.807) is 0 Å². The Morgan fingerprint density at radius 2 is 1.16 bits per heavy atom. The van der Waals surface area contributed by atoms with Crippen LogP contribution in [0.4, 0.5) is 0 Å². The number of nitrogens with one attached hydrogen (secondary N) is 1. The summed E-state index contributed by atoms with van der Waals surface area (Å²) in [6.45, 7) is 3.22. The number of esters is 1. The third kappa shape index (κ3) is 36.5. The fourth-order valence-corrected chi connectivity index (χ4v) is 5.04. The summed E-state index contributed by atoms with van der Waals surface area (Å²) in [5.74, 6) is -0.624. The van der Waals surface area contributed by atoms with Crippen LogP contribution in [0.25, 0.3) is 0 Å². The second-order valence-corrected chi connectivity index (χ2v) is 13.3. The topological polar surface area (TPSA) is 131 Å². The standard InChI is InChI=1S/C40H66NO8P/c1-3-5-7-9-11-13-15-16-17-18-19-20-21-22-23-24-26-28-30-32-39(43)41-34-35-48-50(45,46)49-37-38(42)36-47-40(44)33-31-29-27-25-14-12-10-8-6-4-2/h5,7-8,10-11,13,16-17,19-20,22-23,26,28,38,42H,3-4,6,9,12,14-15,18,21,24-25,27,29-37H2,1-2H3,(H,41,43)(H,45,46)/b7-5-,10-8-,13-11-,17-16-,20-19-,23-22-,28-26-. The van der Waals surface area contributed by atoms with E-state index in [0.29, 0.717) is 6.42 Å². The van der Waals surface area contributed by atoms with E-state index in [4.69, 9.17) is 13.8 Å². The normalized spacial score (nSPS) is 14.4. The lowest BCUT2D eigenvalue weighted by Gasteiger charge is -2.15. The van der Waals surface area contributed by atoms with Crippen LogP contribution in [-0.2, 0) is 27.9 Å². The van der Waals surface area contributed by atoms with Crippen LogP contribution in [-0.4, -0.2) is 54.3 Å². The van der Waals surface area contributed by atoms with Crippen LogP contribution in [0.2, 0.25) is 0 Å². The van der Waals surface area contributed by atoms with Crippen LogP contribution in [0.5, 0.6) is 0 Å². The van der Waals surface area contributed by atoms with E-state index in [1.165, 1.54) is 6.42 Å². The number of hydrogen-bond acceptors (Lipinski definition) is 7. The molecule has 3 N–H and O–H groups in total. The van der Waals surface area contributed by atoms with Gasteiger partial charge in [-0.15, -0.1) is 0 Å². The van der Waals surface area contributed by atoms with Crippen molar-refractivity contribution in [3.05, 3.63) is 85.1 Å². The summed E-state index contributed by atoms with van der Waals surface area (Å²) in [5, 5.41) is 12.6. The van der Waals surface area contributed by atoms with Gasteiger partial charge in [0, 0.05) is 19.4 Å². The first-order chi connectivity index (χ1) is 24.3. The summed E-state index contributed by atoms with van der Waals surface area (Å²) in [4.78, 5) is 33.7. The average molecular weight is 720 g/mol. The molecule has 9 nitrogen and oxygen atoms in total. The quantitative estimate of drug-likeness (QED) is 0.0265. The van der Waals surface area contributed by atoms with Gasteiger partial charge in [0.15, 0.2) is 0 Å². The zero-order valence-electron chi connectivity index (χ0n) is 30.8. The van der Waals surface area contributed by atoms with E-state index in [-0.39, 0.29) is 38.5 Å². The van der Waals surface area contributed by atoms with Gasteiger partial charge in [-0.3, -0.25) is 18.6 Å². The molecule has 0 bridgehead atoms. The van der Waals surface area contributed by atoms with Crippen LogP contribution < -0.4 is 5.32 Å². The summed E-state index contributed by atoms with van der Waals surface area (Å²) in [5.41, 5.74) is 0. The van der Waals surface area contributed by atoms with E-state index in [9.17, 15) is 24.2 Å². The minimum absolute atomic E-state index is 0.0344. The minimum Gasteiger partial charge on any atom is -0.463 e. The molecular weight excluding hydrogens is 653 g/mol. The van der Waals surface area contributed by atoms with Crippen molar-refractivity contribution in [2.75, 3.05) is 26.4 Å². The molecule has 50 heavy (non-hydrogen) atoms. The number of phosphoric ester groups is 1. The molecule has 0 saturated heterocycles. The summed E-state index contributed by atoms with van der Waals surface area (Å²) < 4.78 is 26.7. The third-order valence-corrected chi connectivity index (χ3v) is 8.04. The number of ether oxygens (including phenoxy) is 1. The number of unbranched alkanes of at least 4 members (excludes halogenated alkanes) is 6. The van der Waals surface area contributed by atoms with Gasteiger partial charge in [0.2, 0.25) is 5.91 Å². The number of phosphoric acid groups is 1. The van der Waals surface area contributed by atoms with Crippen LogP contribution in [0.3, 0.4) is 0 Å². The lowest BCUT2D eigenvalue weighted by Crippen LogP contribution is -2.27. The van der Waals surface area contributed by atoms with Gasteiger partial charge in [-0.05, 0) is 70.6 Å². The number of amides is 1. The summed E-state index contributed by atoms with van der Waals surface area (Å²) in [7, 11) is -4.44. The average Bonchev–Trinajstić information content (AvgIpc) is 3.10. The molecule has 0 heterocycles. The van der Waals surface area contributed by atoms with Gasteiger partial charge < -0.3 is 20.1 Å². The number of allylic oxidation sites excluding steroid dienone is 14. The number of carbonyl (C=O) groups is 2. The molecule has 0 saturated carbocycles. The van der Waals surface area contributed by atoms with E-state index in [1.807, 2.05) is 12.2 Å². The lowest BCUT2D eigenvalue weighted by molar-refractivity contribution is -0.147. The summed E-state index contributed by atoms with van der Waals surface area (Å²) in [6, 6.07) is 0. The van der Waals surface area contributed by atoms with Crippen molar-refractivity contribution in [2.24, 2.45) is 0 Å². The maximum absolute atomic E-state index is 12.0. The highest BCUT2D eigenvalue weighted by atomic mass is 31.2. The molecule has 0 radical (unpaired) electrons. The van der Waals surface area contributed by atoms with Gasteiger partial charge in [-0.1, -0.05) is 125 Å². The van der Waals surface area contributed by atoms with Crippen molar-refractivity contribution < 1.29 is 37.9 Å². The van der Waals surface area contributed by atoms with Crippen molar-refractivity contribution in [3.8, 4) is 0 Å². The Balaban J connectivity index is 3.78. The molecular formula is C40H66NO8P. The molecule has 10 heteroatoms. The third-order valence-electron chi connectivity index (χ3n) is 7.05. The number of aliphatic hydroxyl groups is 1. The molecule has 0 spiro atoms. The SMILES string of the molecule is CC/C=C\C/C=C\C/C=C\C/C=C\C/C=C\C/C=C\CCC(=O)NCCOP(=O)(O)OCC(O)COC(=O)CCCCCCC/C=C\CCC. The minimum atomic E-state index is -4.44. The molecule has 0 aliphatic rings. The second kappa shape index (κ2) is 36.0. The Hall–Kier alpha value is -2.81. The monoisotopic (exact) mass is 719 g/mol. The molecule has 0 aromatic rings. The second-order valence-electron chi connectivity index (χ2n) is 11.8. The molecule has 0 rings (SSSR count). The highest BCUT2D eigenvalue weighted by Gasteiger charge is 2.23. The first-order valence-corrected chi connectivity index (χ1v) is 20.1. The first kappa shape index (κ1) is 47.2. The molecule has 0 aromatic carbocycles. The smallest absolute Gasteiger partial charge is 0.463 e. The number of aliphatic hydroxyl groups excluding tert-OH is 1. The van der Waals surface area contributed by atoms with Crippen LogP contribution >= 0.6 is 7.82 Å². The van der Waals surface area contributed by atoms with E-state index in [0.717, 1.165) is 83.5 Å². The van der Waals surface area contributed by atoms with Gasteiger partial charge in [0.05, 0.1) is 13.2 Å². The van der Waals surface area contributed by atoms with Gasteiger partial charge in [0.1, 0.15) is 12.7 Å². The zero-order chi connectivity index (χ0) is 36.8. The fraction of sp³-hybridized carbons (Fsp3) is 0.600. The maximum Gasteiger partial charge on any atom is 0.472 e. The van der Waals surface area contributed by atoms with Crippen molar-refractivity contribution in [1.82, 2.24) is 5.32 Å². The first-order valence-electron chi connectivity index (χ1n) is 18.6. The van der Waals surface area contributed by atoms with Crippen LogP contribution in [0.1, 0.15) is 123 Å². The summed E-state index contributed by atoms with van der Waals surface area (Å²) in [6.07, 6.45) is 43.9. The number of rotatable bonds is 33. The molecule has 2 atom stereocenters. The molecule has 0 aromatic heterocycles. The van der Waals surface area contributed by atoms with Gasteiger partial charge in [-0.2, -0.15) is 0 Å². The van der Waals surface area contributed by atoms with E-state index in [2.05, 4.69) is 92.1 Å². The van der Waals surface area contributed by atoms with Gasteiger partial charge in [0.25, 0.3) is 0 Å². The maximum atomic E-state index is 12.0. The summed E-state index contributed by atoms with van der Waals surface area (Å²) >= 11 is 0. The predicted molar refractivity (Wildman–Crippen MR) is 206 cm³/mol. The van der Waals surface area contributed by atoms with E-state index < -0.39 is 26.5 Å². The number of carbonyl (C=O) groups excluding carboxylic acids is 2. The Labute approximate surface area is 302 Å².